The number of fused-ring (bicyclic) bond motifs is 1. The van der Waals surface area contributed by atoms with E-state index in [1.807, 2.05) is 38.1 Å². The zero-order valence-electron chi connectivity index (χ0n) is 21.3. The minimum atomic E-state index is -0.647. The summed E-state index contributed by atoms with van der Waals surface area (Å²) in [5.41, 5.74) is 5.94. The number of carbonyl (C=O) groups excluding carboxylic acids is 2. The predicted molar refractivity (Wildman–Crippen MR) is 134 cm³/mol. The lowest BCUT2D eigenvalue weighted by Crippen LogP contribution is -2.35. The van der Waals surface area contributed by atoms with E-state index < -0.39 is 12.2 Å². The van der Waals surface area contributed by atoms with Gasteiger partial charge >= 0.3 is 11.9 Å². The van der Waals surface area contributed by atoms with Crippen LogP contribution in [0.25, 0.3) is 0 Å². The van der Waals surface area contributed by atoms with Crippen molar-refractivity contribution in [2.75, 3.05) is 39.3 Å². The lowest BCUT2D eigenvalue weighted by atomic mass is 9.95. The van der Waals surface area contributed by atoms with Crippen molar-refractivity contribution in [2.45, 2.75) is 52.6 Å². The van der Waals surface area contributed by atoms with Gasteiger partial charge in [-0.2, -0.15) is 0 Å². The number of benzene rings is 2. The lowest BCUT2D eigenvalue weighted by molar-refractivity contribution is -0.142. The Balaban J connectivity index is 1.33. The Hall–Kier alpha value is -2.78. The van der Waals surface area contributed by atoms with E-state index in [2.05, 4.69) is 9.80 Å². The number of rotatable bonds is 8. The number of ether oxygens (including phenoxy) is 2. The quantitative estimate of drug-likeness (QED) is 0.539. The van der Waals surface area contributed by atoms with E-state index in [9.17, 15) is 19.8 Å². The smallest absolute Gasteiger partial charge is 0.338 e. The van der Waals surface area contributed by atoms with Crippen molar-refractivity contribution >= 4 is 11.9 Å². The standard InChI is InChI=1S/C28H36N2O6/c1-18-21(16-35-20(3)31)6-4-7-22(18)26(32)14-29-10-5-11-30(13-12-29)15-27(33)23-8-9-24-25(19(23)2)17-36-28(24)34/h4,6-9,26-27,32-33H,5,10-17H2,1-3H3. The molecule has 2 aliphatic heterocycles. The van der Waals surface area contributed by atoms with Gasteiger partial charge in [0.25, 0.3) is 0 Å². The van der Waals surface area contributed by atoms with Crippen LogP contribution in [0.2, 0.25) is 0 Å². The Morgan fingerprint density at radius 1 is 0.972 bits per heavy atom. The van der Waals surface area contributed by atoms with E-state index in [1.54, 1.807) is 6.07 Å². The fourth-order valence-electron chi connectivity index (χ4n) is 5.20. The highest BCUT2D eigenvalue weighted by atomic mass is 16.5. The summed E-state index contributed by atoms with van der Waals surface area (Å²) in [4.78, 5) is 27.5. The van der Waals surface area contributed by atoms with E-state index in [0.29, 0.717) is 18.7 Å². The molecule has 0 bridgehead atoms. The molecule has 1 saturated heterocycles. The van der Waals surface area contributed by atoms with Crippen LogP contribution in [0, 0.1) is 13.8 Å². The molecule has 2 aromatic rings. The Labute approximate surface area is 212 Å². The van der Waals surface area contributed by atoms with Crippen LogP contribution < -0.4 is 0 Å². The molecular formula is C28H36N2O6. The molecule has 8 nitrogen and oxygen atoms in total. The van der Waals surface area contributed by atoms with Crippen LogP contribution in [0.15, 0.2) is 30.3 Å². The highest BCUT2D eigenvalue weighted by Crippen LogP contribution is 2.30. The number of hydrogen-bond acceptors (Lipinski definition) is 8. The molecule has 0 aromatic heterocycles. The van der Waals surface area contributed by atoms with Gasteiger partial charge in [0, 0.05) is 38.7 Å². The van der Waals surface area contributed by atoms with Crippen LogP contribution >= 0.6 is 0 Å². The van der Waals surface area contributed by atoms with Crippen LogP contribution in [-0.4, -0.2) is 71.2 Å². The van der Waals surface area contributed by atoms with E-state index in [0.717, 1.165) is 66.0 Å². The third-order valence-corrected chi connectivity index (χ3v) is 7.39. The number of carbonyl (C=O) groups is 2. The maximum atomic E-state index is 11.8. The Bertz CT molecular complexity index is 1120. The number of esters is 2. The first-order chi connectivity index (χ1) is 17.2. The van der Waals surface area contributed by atoms with Crippen molar-refractivity contribution in [1.29, 1.82) is 0 Å². The van der Waals surface area contributed by atoms with Gasteiger partial charge in [-0.15, -0.1) is 0 Å². The van der Waals surface area contributed by atoms with Gasteiger partial charge in [0.15, 0.2) is 0 Å². The van der Waals surface area contributed by atoms with Crippen LogP contribution in [-0.2, 0) is 27.5 Å². The van der Waals surface area contributed by atoms with Crippen molar-refractivity contribution in [3.05, 3.63) is 69.3 Å². The molecule has 1 fully saturated rings. The van der Waals surface area contributed by atoms with Crippen LogP contribution in [0.4, 0.5) is 0 Å². The molecule has 0 aliphatic carbocycles. The molecule has 2 heterocycles. The van der Waals surface area contributed by atoms with Crippen molar-refractivity contribution in [1.82, 2.24) is 9.80 Å². The summed E-state index contributed by atoms with van der Waals surface area (Å²) in [7, 11) is 0. The van der Waals surface area contributed by atoms with Crippen molar-refractivity contribution in [2.24, 2.45) is 0 Å². The first-order valence-corrected chi connectivity index (χ1v) is 12.6. The van der Waals surface area contributed by atoms with Gasteiger partial charge in [-0.1, -0.05) is 24.3 Å². The summed E-state index contributed by atoms with van der Waals surface area (Å²) in [5.74, 6) is -0.620. The van der Waals surface area contributed by atoms with Crippen molar-refractivity contribution in [3.63, 3.8) is 0 Å². The molecule has 2 unspecified atom stereocenters. The van der Waals surface area contributed by atoms with Crippen molar-refractivity contribution < 1.29 is 29.3 Å². The second-order valence-corrected chi connectivity index (χ2v) is 9.78. The number of nitrogens with zero attached hydrogens (tertiary/aromatic N) is 2. The van der Waals surface area contributed by atoms with Crippen molar-refractivity contribution in [3.8, 4) is 0 Å². The molecule has 8 heteroatoms. The predicted octanol–water partition coefficient (Wildman–Crippen LogP) is 2.81. The molecule has 2 aliphatic rings. The maximum absolute atomic E-state index is 11.8. The molecule has 2 aromatic carbocycles. The summed E-state index contributed by atoms with van der Waals surface area (Å²) in [6, 6.07) is 9.32. The minimum Gasteiger partial charge on any atom is -0.461 e. The molecule has 0 saturated carbocycles. The first kappa shape index (κ1) is 26.3. The number of hydrogen-bond donors (Lipinski definition) is 2. The topological polar surface area (TPSA) is 99.5 Å². The van der Waals surface area contributed by atoms with E-state index in [1.165, 1.54) is 6.92 Å². The number of β-amino-alcohol motifs (C(OH)–C–C–N with tert-alkyl or cyclic N) is 2. The minimum absolute atomic E-state index is 0.204. The molecule has 2 N–H and O–H groups in total. The Morgan fingerprint density at radius 3 is 2.25 bits per heavy atom. The SMILES string of the molecule is CC(=O)OCc1cccc(C(O)CN2CCCN(CC(O)c3ccc4c(c3C)COC4=O)CC2)c1C. The average molecular weight is 497 g/mol. The molecule has 4 rings (SSSR count). The molecular weight excluding hydrogens is 460 g/mol. The second kappa shape index (κ2) is 11.5. The van der Waals surface area contributed by atoms with E-state index in [-0.39, 0.29) is 25.2 Å². The first-order valence-electron chi connectivity index (χ1n) is 12.6. The lowest BCUT2D eigenvalue weighted by Gasteiger charge is -2.26. The average Bonchev–Trinajstić information content (AvgIpc) is 3.08. The fourth-order valence-corrected chi connectivity index (χ4v) is 5.20. The van der Waals surface area contributed by atoms with Crippen LogP contribution in [0.1, 0.15) is 69.3 Å². The molecule has 2 atom stereocenters. The summed E-state index contributed by atoms with van der Waals surface area (Å²) < 4.78 is 10.3. The zero-order chi connectivity index (χ0) is 25.8. The summed E-state index contributed by atoms with van der Waals surface area (Å²) >= 11 is 0. The third kappa shape index (κ3) is 5.95. The highest BCUT2D eigenvalue weighted by molar-refractivity contribution is 5.93. The fraction of sp³-hybridized carbons (Fsp3) is 0.500. The molecule has 194 valence electrons. The van der Waals surface area contributed by atoms with Gasteiger partial charge in [-0.25, -0.2) is 4.79 Å². The van der Waals surface area contributed by atoms with Gasteiger partial charge in [0.2, 0.25) is 0 Å². The van der Waals surface area contributed by atoms with Gasteiger partial charge in [0.05, 0.1) is 17.8 Å². The Morgan fingerprint density at radius 2 is 1.61 bits per heavy atom. The van der Waals surface area contributed by atoms with E-state index >= 15 is 0 Å². The largest absolute Gasteiger partial charge is 0.461 e. The van der Waals surface area contributed by atoms with Crippen LogP contribution in [0.3, 0.4) is 0 Å². The molecule has 0 radical (unpaired) electrons. The number of cyclic esters (lactones) is 1. The maximum Gasteiger partial charge on any atom is 0.338 e. The number of aliphatic hydroxyl groups is 2. The van der Waals surface area contributed by atoms with Gasteiger partial charge in [-0.05, 0) is 67.2 Å². The summed E-state index contributed by atoms with van der Waals surface area (Å²) in [5, 5.41) is 22.0. The number of aliphatic hydroxyl groups excluding tert-OH is 2. The molecule has 0 amide bonds. The third-order valence-electron chi connectivity index (χ3n) is 7.39. The second-order valence-electron chi connectivity index (χ2n) is 9.78. The van der Waals surface area contributed by atoms with Gasteiger partial charge < -0.3 is 19.7 Å². The summed E-state index contributed by atoms with van der Waals surface area (Å²) in [6.07, 6.45) is -0.347. The molecule has 0 spiro atoms. The highest BCUT2D eigenvalue weighted by Gasteiger charge is 2.27. The van der Waals surface area contributed by atoms with E-state index in [4.69, 9.17) is 9.47 Å². The monoisotopic (exact) mass is 496 g/mol. The summed E-state index contributed by atoms with van der Waals surface area (Å²) in [6.45, 7) is 10.1. The van der Waals surface area contributed by atoms with Crippen LogP contribution in [0.5, 0.6) is 0 Å². The Kier molecular flexibility index (Phi) is 8.41. The van der Waals surface area contributed by atoms with Gasteiger partial charge in [-0.3, -0.25) is 14.6 Å². The van der Waals surface area contributed by atoms with Gasteiger partial charge in [0.1, 0.15) is 13.2 Å². The normalized spacial score (nSPS) is 18.3. The molecule has 36 heavy (non-hydrogen) atoms. The zero-order valence-corrected chi connectivity index (χ0v) is 21.3.